The molecule has 6 nitrogen and oxygen atoms in total. The van der Waals surface area contributed by atoms with Crippen LogP contribution in [0.25, 0.3) is 0 Å². The Bertz CT molecular complexity index is 288. The number of carboxylic acid groups (broad SMARTS) is 1. The summed E-state index contributed by atoms with van der Waals surface area (Å²) in [5.41, 5.74) is 0. The first kappa shape index (κ1) is 14.8. The van der Waals surface area contributed by atoms with Gasteiger partial charge >= 0.3 is 12.0 Å². The summed E-state index contributed by atoms with van der Waals surface area (Å²) < 4.78 is 0. The number of amides is 2. The van der Waals surface area contributed by atoms with E-state index >= 15 is 0 Å². The van der Waals surface area contributed by atoms with E-state index in [4.69, 9.17) is 10.2 Å². The minimum absolute atomic E-state index is 0.0342. The molecule has 1 fully saturated rings. The molecule has 1 atom stereocenters. The molecule has 2 amide bonds. The third-order valence-corrected chi connectivity index (χ3v) is 3.49. The van der Waals surface area contributed by atoms with Gasteiger partial charge in [-0.05, 0) is 18.8 Å². The Morgan fingerprint density at radius 1 is 1.39 bits per heavy atom. The van der Waals surface area contributed by atoms with Gasteiger partial charge in [0.25, 0.3) is 0 Å². The zero-order valence-corrected chi connectivity index (χ0v) is 10.8. The minimum atomic E-state index is -1.11. The summed E-state index contributed by atoms with van der Waals surface area (Å²) in [4.78, 5) is 24.4. The Balaban J connectivity index is 2.42. The number of carboxylic acids is 1. The summed E-state index contributed by atoms with van der Waals surface area (Å²) >= 11 is 0. The van der Waals surface area contributed by atoms with Gasteiger partial charge in [0.05, 0.1) is 0 Å². The molecule has 0 spiro atoms. The van der Waals surface area contributed by atoms with Gasteiger partial charge in [0, 0.05) is 26.1 Å². The predicted octanol–water partition coefficient (Wildman–Crippen LogP) is 0.654. The van der Waals surface area contributed by atoms with Gasteiger partial charge in [-0.25, -0.2) is 9.59 Å². The number of aliphatic hydroxyl groups excluding tert-OH is 1. The Morgan fingerprint density at radius 3 is 2.44 bits per heavy atom. The van der Waals surface area contributed by atoms with Crippen molar-refractivity contribution in [1.29, 1.82) is 0 Å². The van der Waals surface area contributed by atoms with E-state index in [0.29, 0.717) is 19.0 Å². The molecule has 1 aliphatic rings. The molecule has 0 bridgehead atoms. The summed E-state index contributed by atoms with van der Waals surface area (Å²) in [5, 5.41) is 20.1. The molecule has 6 heteroatoms. The highest BCUT2D eigenvalue weighted by Gasteiger charge is 2.25. The molecule has 0 radical (unpaired) electrons. The number of likely N-dealkylation sites (tertiary alicyclic amines) is 1. The van der Waals surface area contributed by atoms with E-state index < -0.39 is 12.0 Å². The van der Waals surface area contributed by atoms with Crippen molar-refractivity contribution in [1.82, 2.24) is 10.2 Å². The van der Waals surface area contributed by atoms with Crippen LogP contribution in [0.3, 0.4) is 0 Å². The molecule has 0 aromatic heterocycles. The van der Waals surface area contributed by atoms with Gasteiger partial charge in [-0.2, -0.15) is 0 Å². The molecule has 1 heterocycles. The number of hydrogen-bond donors (Lipinski definition) is 3. The molecule has 3 N–H and O–H groups in total. The number of piperidine rings is 1. The lowest BCUT2D eigenvalue weighted by Crippen LogP contribution is -2.50. The number of aliphatic carboxylic acids is 1. The number of rotatable bonds is 5. The molecule has 0 saturated carbocycles. The van der Waals surface area contributed by atoms with Crippen LogP contribution in [-0.2, 0) is 4.79 Å². The quantitative estimate of drug-likeness (QED) is 0.675. The summed E-state index contributed by atoms with van der Waals surface area (Å²) in [6.45, 7) is 3.24. The van der Waals surface area contributed by atoms with Crippen LogP contribution >= 0.6 is 0 Å². The summed E-state index contributed by atoms with van der Waals surface area (Å²) in [7, 11) is 0. The normalized spacial score (nSPS) is 18.4. The van der Waals surface area contributed by atoms with Crippen LogP contribution < -0.4 is 5.32 Å². The Labute approximate surface area is 107 Å². The number of aliphatic hydroxyl groups is 1. The van der Waals surface area contributed by atoms with Crippen LogP contribution in [0, 0.1) is 5.92 Å². The van der Waals surface area contributed by atoms with Crippen molar-refractivity contribution in [3.05, 3.63) is 0 Å². The zero-order chi connectivity index (χ0) is 13.5. The average molecular weight is 258 g/mol. The van der Waals surface area contributed by atoms with Crippen LogP contribution in [0.4, 0.5) is 4.79 Å². The second-order valence-electron chi connectivity index (χ2n) is 4.69. The van der Waals surface area contributed by atoms with Gasteiger partial charge in [-0.1, -0.05) is 13.3 Å². The van der Waals surface area contributed by atoms with Crippen molar-refractivity contribution in [2.45, 2.75) is 38.6 Å². The van der Waals surface area contributed by atoms with Crippen LogP contribution in [0.1, 0.15) is 32.6 Å². The third kappa shape index (κ3) is 4.18. The highest BCUT2D eigenvalue weighted by atomic mass is 16.4. The molecule has 1 saturated heterocycles. The van der Waals surface area contributed by atoms with Crippen molar-refractivity contribution < 1.29 is 19.8 Å². The highest BCUT2D eigenvalue weighted by molar-refractivity contribution is 5.82. The molecule has 0 aromatic rings. The summed E-state index contributed by atoms with van der Waals surface area (Å²) in [6, 6.07) is -1.35. The van der Waals surface area contributed by atoms with E-state index in [-0.39, 0.29) is 19.1 Å². The number of nitrogens with one attached hydrogen (secondary N) is 1. The molecular formula is C12H22N2O4. The number of carbonyl (C=O) groups is 2. The summed E-state index contributed by atoms with van der Waals surface area (Å²) in [5.74, 6) is -0.442. The van der Waals surface area contributed by atoms with Crippen molar-refractivity contribution >= 4 is 12.0 Å². The van der Waals surface area contributed by atoms with E-state index in [2.05, 4.69) is 12.2 Å². The van der Waals surface area contributed by atoms with Crippen LogP contribution in [-0.4, -0.2) is 52.9 Å². The van der Waals surface area contributed by atoms with E-state index in [1.807, 2.05) is 0 Å². The van der Waals surface area contributed by atoms with Crippen LogP contribution in [0.5, 0.6) is 0 Å². The van der Waals surface area contributed by atoms with Crippen LogP contribution in [0.2, 0.25) is 0 Å². The van der Waals surface area contributed by atoms with Gasteiger partial charge in [-0.15, -0.1) is 0 Å². The van der Waals surface area contributed by atoms with Gasteiger partial charge in [0.1, 0.15) is 6.04 Å². The monoisotopic (exact) mass is 258 g/mol. The maximum Gasteiger partial charge on any atom is 0.326 e. The van der Waals surface area contributed by atoms with E-state index in [1.165, 1.54) is 0 Å². The van der Waals surface area contributed by atoms with Crippen molar-refractivity contribution in [3.63, 3.8) is 0 Å². The fraction of sp³-hybridized carbons (Fsp3) is 0.833. The Morgan fingerprint density at radius 2 is 2.00 bits per heavy atom. The van der Waals surface area contributed by atoms with Crippen molar-refractivity contribution in [2.75, 3.05) is 19.7 Å². The molecule has 1 aliphatic heterocycles. The molecule has 1 rings (SSSR count). The van der Waals surface area contributed by atoms with Gasteiger partial charge < -0.3 is 20.4 Å². The topological polar surface area (TPSA) is 89.9 Å². The Kier molecular flexibility index (Phi) is 5.91. The van der Waals surface area contributed by atoms with Crippen molar-refractivity contribution in [3.8, 4) is 0 Å². The van der Waals surface area contributed by atoms with E-state index in [9.17, 15) is 9.59 Å². The predicted molar refractivity (Wildman–Crippen MR) is 66.2 cm³/mol. The average Bonchev–Trinajstić information content (AvgIpc) is 2.38. The fourth-order valence-electron chi connectivity index (χ4n) is 2.17. The van der Waals surface area contributed by atoms with E-state index in [0.717, 1.165) is 19.3 Å². The van der Waals surface area contributed by atoms with Gasteiger partial charge in [-0.3, -0.25) is 0 Å². The van der Waals surface area contributed by atoms with Crippen molar-refractivity contribution in [2.24, 2.45) is 5.92 Å². The first-order valence-electron chi connectivity index (χ1n) is 6.47. The van der Waals surface area contributed by atoms with Crippen LogP contribution in [0.15, 0.2) is 0 Å². The molecule has 0 aromatic carbocycles. The standard InChI is InChI=1S/C12H22N2O4/c1-2-9-3-6-14(7-4-9)12(18)13-10(5-8-15)11(16)17/h9-10,15H,2-8H2,1H3,(H,13,18)(H,16,17)/t10-/m0/s1. The lowest BCUT2D eigenvalue weighted by molar-refractivity contribution is -0.139. The minimum Gasteiger partial charge on any atom is -0.480 e. The first-order chi connectivity index (χ1) is 8.58. The third-order valence-electron chi connectivity index (χ3n) is 3.49. The fourth-order valence-corrected chi connectivity index (χ4v) is 2.17. The van der Waals surface area contributed by atoms with Gasteiger partial charge in [0.2, 0.25) is 0 Å². The maximum atomic E-state index is 11.9. The zero-order valence-electron chi connectivity index (χ0n) is 10.8. The molecular weight excluding hydrogens is 236 g/mol. The number of urea groups is 1. The SMILES string of the molecule is CCC1CCN(C(=O)N[C@@H](CCO)C(=O)O)CC1. The second kappa shape index (κ2) is 7.20. The lowest BCUT2D eigenvalue weighted by Gasteiger charge is -2.32. The molecule has 0 aliphatic carbocycles. The largest absolute Gasteiger partial charge is 0.480 e. The number of carbonyl (C=O) groups excluding carboxylic acids is 1. The smallest absolute Gasteiger partial charge is 0.326 e. The first-order valence-corrected chi connectivity index (χ1v) is 6.47. The number of hydrogen-bond acceptors (Lipinski definition) is 3. The molecule has 18 heavy (non-hydrogen) atoms. The number of nitrogens with zero attached hydrogens (tertiary/aromatic N) is 1. The lowest BCUT2D eigenvalue weighted by atomic mass is 9.95. The second-order valence-corrected chi connectivity index (χ2v) is 4.69. The van der Waals surface area contributed by atoms with E-state index in [1.54, 1.807) is 4.90 Å². The highest BCUT2D eigenvalue weighted by Crippen LogP contribution is 2.19. The maximum absolute atomic E-state index is 11.9. The summed E-state index contributed by atoms with van der Waals surface area (Å²) in [6.07, 6.45) is 3.10. The molecule has 0 unspecified atom stereocenters. The van der Waals surface area contributed by atoms with Gasteiger partial charge in [0.15, 0.2) is 0 Å². The molecule has 104 valence electrons. The Hall–Kier alpha value is -1.30.